The highest BCUT2D eigenvalue weighted by Gasteiger charge is 2.49. The van der Waals surface area contributed by atoms with Crippen LogP contribution in [0.4, 0.5) is 18.9 Å². The average molecular weight is 470 g/mol. The fourth-order valence-corrected chi connectivity index (χ4v) is 4.86. The van der Waals surface area contributed by atoms with Crippen LogP contribution in [0.25, 0.3) is 0 Å². The molecule has 32 heavy (non-hydrogen) atoms. The zero-order valence-corrected chi connectivity index (χ0v) is 18.2. The minimum atomic E-state index is -3.76. The van der Waals surface area contributed by atoms with Crippen molar-refractivity contribution in [1.29, 1.82) is 0 Å². The summed E-state index contributed by atoms with van der Waals surface area (Å²) in [6.45, 7) is 1.28. The average Bonchev–Trinajstić information content (AvgIpc) is 2.67. The molecule has 172 valence electrons. The molecule has 1 aliphatic heterocycles. The lowest BCUT2D eigenvalue weighted by Gasteiger charge is -2.38. The Morgan fingerprint density at radius 2 is 1.91 bits per heavy atom. The van der Waals surface area contributed by atoms with Crippen LogP contribution in [0.15, 0.2) is 41.5 Å². The van der Waals surface area contributed by atoms with Gasteiger partial charge in [-0.25, -0.2) is 17.8 Å². The van der Waals surface area contributed by atoms with Crippen LogP contribution in [0.1, 0.15) is 36.8 Å². The Labute approximate surface area is 182 Å². The number of alkyl halides is 2. The highest BCUT2D eigenvalue weighted by molar-refractivity contribution is 7.93. The quantitative estimate of drug-likeness (QED) is 0.693. The first-order chi connectivity index (χ1) is 14.7. The number of nitrogens with one attached hydrogen (secondary N) is 1. The lowest BCUT2D eigenvalue weighted by atomic mass is 9.92. The second-order valence-corrected chi connectivity index (χ2v) is 10.5. The third-order valence-electron chi connectivity index (χ3n) is 5.23. The highest BCUT2D eigenvalue weighted by atomic mass is 32.2. The summed E-state index contributed by atoms with van der Waals surface area (Å²) in [6.07, 6.45) is 0.963. The molecule has 0 saturated heterocycles. The summed E-state index contributed by atoms with van der Waals surface area (Å²) < 4.78 is 67.4. The fraction of sp³-hybridized carbons (Fsp3) is 0.350. The van der Waals surface area contributed by atoms with Crippen molar-refractivity contribution in [3.05, 3.63) is 53.6 Å². The smallest absolute Gasteiger partial charge is 0.387 e. The number of amides is 1. The van der Waals surface area contributed by atoms with E-state index in [1.54, 1.807) is 0 Å². The van der Waals surface area contributed by atoms with E-state index in [4.69, 9.17) is 5.73 Å². The summed E-state index contributed by atoms with van der Waals surface area (Å²) in [5, 5.41) is 2.50. The second-order valence-electron chi connectivity index (χ2n) is 7.95. The molecule has 0 aliphatic carbocycles. The van der Waals surface area contributed by atoms with E-state index in [1.807, 2.05) is 0 Å². The van der Waals surface area contributed by atoms with Gasteiger partial charge in [0, 0.05) is 11.3 Å². The molecule has 1 atom stereocenters. The van der Waals surface area contributed by atoms with Gasteiger partial charge in [-0.3, -0.25) is 9.79 Å². The molecule has 3 rings (SSSR count). The number of aliphatic imine (C=N–C) groups is 1. The number of carbonyl (C=O) groups is 1. The van der Waals surface area contributed by atoms with Crippen LogP contribution in [-0.2, 0) is 15.4 Å². The zero-order chi connectivity index (χ0) is 23.9. The van der Waals surface area contributed by atoms with Crippen molar-refractivity contribution in [1.82, 2.24) is 4.98 Å². The molecule has 12 heteroatoms. The van der Waals surface area contributed by atoms with Gasteiger partial charge in [-0.15, -0.1) is 0 Å². The van der Waals surface area contributed by atoms with E-state index < -0.39 is 44.2 Å². The van der Waals surface area contributed by atoms with Crippen LogP contribution in [0, 0.1) is 5.82 Å². The van der Waals surface area contributed by atoms with E-state index in [0.717, 1.165) is 18.3 Å². The van der Waals surface area contributed by atoms with Gasteiger partial charge in [0.1, 0.15) is 33.4 Å². The maximum absolute atomic E-state index is 14.7. The number of ether oxygens (including phenoxy) is 1. The molecule has 2 heterocycles. The van der Waals surface area contributed by atoms with E-state index in [-0.39, 0.29) is 28.5 Å². The summed E-state index contributed by atoms with van der Waals surface area (Å²) in [5.41, 5.74) is 4.38. The standard InChI is InChI=1S/C20H21F3N4O4S/c1-19(2)17(24)27-20(3,10-32(19,29)30)13-8-11(4-6-14(13)21)26-16(28)15-7-5-12(9-25-15)31-18(22)23/h4-9,18H,10H2,1-3H3,(H2,24,27)(H,26,28). The number of amidine groups is 1. The number of nitrogens with two attached hydrogens (primary N) is 1. The van der Waals surface area contributed by atoms with Crippen LogP contribution in [0.2, 0.25) is 0 Å². The zero-order valence-electron chi connectivity index (χ0n) is 17.4. The number of sulfone groups is 1. The number of carbonyl (C=O) groups excluding carboxylic acids is 1. The maximum Gasteiger partial charge on any atom is 0.387 e. The Bertz CT molecular complexity index is 1180. The predicted octanol–water partition coefficient (Wildman–Crippen LogP) is 2.85. The SMILES string of the molecule is CC1(c2cc(NC(=O)c3ccc(OC(F)F)cn3)ccc2F)CS(=O)(=O)C(C)(C)C(N)=N1. The summed E-state index contributed by atoms with van der Waals surface area (Å²) in [4.78, 5) is 20.5. The van der Waals surface area contributed by atoms with E-state index in [2.05, 4.69) is 20.0 Å². The fourth-order valence-electron chi connectivity index (χ4n) is 3.18. The number of anilines is 1. The number of benzene rings is 1. The third kappa shape index (κ3) is 4.40. The van der Waals surface area contributed by atoms with E-state index >= 15 is 0 Å². The molecular weight excluding hydrogens is 449 g/mol. The summed E-state index contributed by atoms with van der Waals surface area (Å²) in [5.74, 6) is -2.25. The molecule has 1 amide bonds. The topological polar surface area (TPSA) is 124 Å². The molecule has 0 fully saturated rings. The molecule has 8 nitrogen and oxygen atoms in total. The Balaban J connectivity index is 1.89. The van der Waals surface area contributed by atoms with Crippen LogP contribution < -0.4 is 15.8 Å². The van der Waals surface area contributed by atoms with Crippen molar-refractivity contribution in [3.63, 3.8) is 0 Å². The number of rotatable bonds is 5. The van der Waals surface area contributed by atoms with Gasteiger partial charge >= 0.3 is 6.61 Å². The number of nitrogens with zero attached hydrogens (tertiary/aromatic N) is 2. The van der Waals surface area contributed by atoms with E-state index in [1.165, 1.54) is 39.0 Å². The van der Waals surface area contributed by atoms with Crippen molar-refractivity contribution in [2.24, 2.45) is 10.7 Å². The number of halogens is 3. The number of aromatic nitrogens is 1. The van der Waals surface area contributed by atoms with Crippen molar-refractivity contribution >= 4 is 27.3 Å². The van der Waals surface area contributed by atoms with Crippen molar-refractivity contribution in [3.8, 4) is 5.75 Å². The van der Waals surface area contributed by atoms with Gasteiger partial charge in [0.15, 0.2) is 9.84 Å². The second kappa shape index (κ2) is 8.08. The van der Waals surface area contributed by atoms with Gasteiger partial charge in [0.25, 0.3) is 5.91 Å². The van der Waals surface area contributed by atoms with Crippen molar-refractivity contribution in [2.45, 2.75) is 37.7 Å². The largest absolute Gasteiger partial charge is 0.433 e. The Hall–Kier alpha value is -3.15. The molecule has 1 aliphatic rings. The molecule has 1 aromatic heterocycles. The molecule has 1 unspecified atom stereocenters. The first-order valence-electron chi connectivity index (χ1n) is 9.35. The maximum atomic E-state index is 14.7. The van der Waals surface area contributed by atoms with Crippen LogP contribution in [0.5, 0.6) is 5.75 Å². The first-order valence-corrected chi connectivity index (χ1v) is 11.0. The molecular formula is C20H21F3N4O4S. The molecule has 3 N–H and O–H groups in total. The summed E-state index contributed by atoms with van der Waals surface area (Å²) in [6, 6.07) is 5.95. The normalized spacial score (nSPS) is 21.7. The Kier molecular flexibility index (Phi) is 5.94. The van der Waals surface area contributed by atoms with E-state index in [0.29, 0.717) is 0 Å². The number of hydrogen-bond donors (Lipinski definition) is 2. The van der Waals surface area contributed by atoms with Crippen LogP contribution >= 0.6 is 0 Å². The minimum absolute atomic E-state index is 0.0639. The summed E-state index contributed by atoms with van der Waals surface area (Å²) in [7, 11) is -3.76. The number of hydrogen-bond acceptors (Lipinski definition) is 7. The summed E-state index contributed by atoms with van der Waals surface area (Å²) >= 11 is 0. The molecule has 2 aromatic rings. The monoisotopic (exact) mass is 470 g/mol. The molecule has 0 radical (unpaired) electrons. The van der Waals surface area contributed by atoms with Crippen molar-refractivity contribution < 1.29 is 31.1 Å². The molecule has 1 aromatic carbocycles. The van der Waals surface area contributed by atoms with Crippen LogP contribution in [-0.4, -0.2) is 42.3 Å². The Morgan fingerprint density at radius 3 is 2.47 bits per heavy atom. The lowest BCUT2D eigenvalue weighted by Crippen LogP contribution is -2.55. The molecule has 0 spiro atoms. The van der Waals surface area contributed by atoms with Gasteiger partial charge in [0.2, 0.25) is 0 Å². The van der Waals surface area contributed by atoms with Gasteiger partial charge in [-0.05, 0) is 51.1 Å². The lowest BCUT2D eigenvalue weighted by molar-refractivity contribution is -0.0500. The van der Waals surface area contributed by atoms with Gasteiger partial charge in [0.05, 0.1) is 11.9 Å². The Morgan fingerprint density at radius 1 is 1.22 bits per heavy atom. The molecule has 0 saturated carbocycles. The molecule has 0 bridgehead atoms. The van der Waals surface area contributed by atoms with Gasteiger partial charge in [-0.2, -0.15) is 8.78 Å². The number of pyridine rings is 1. The van der Waals surface area contributed by atoms with Gasteiger partial charge in [-0.1, -0.05) is 0 Å². The predicted molar refractivity (Wildman–Crippen MR) is 112 cm³/mol. The highest BCUT2D eigenvalue weighted by Crippen LogP contribution is 2.38. The minimum Gasteiger partial charge on any atom is -0.433 e. The van der Waals surface area contributed by atoms with Gasteiger partial charge < -0.3 is 15.8 Å². The van der Waals surface area contributed by atoms with Crippen LogP contribution in [0.3, 0.4) is 0 Å². The first kappa shape index (κ1) is 23.5. The third-order valence-corrected chi connectivity index (χ3v) is 7.94. The van der Waals surface area contributed by atoms with E-state index in [9.17, 15) is 26.4 Å². The van der Waals surface area contributed by atoms with Crippen molar-refractivity contribution in [2.75, 3.05) is 11.1 Å².